The lowest BCUT2D eigenvalue weighted by Gasteiger charge is -2.28. The molecule has 5 rings (SSSR count). The Hall–Kier alpha value is -2.98. The van der Waals surface area contributed by atoms with Crippen molar-refractivity contribution in [2.45, 2.75) is 46.8 Å². The Kier molecular flexibility index (Phi) is 5.56. The first kappa shape index (κ1) is 20.9. The lowest BCUT2D eigenvalue weighted by Crippen LogP contribution is -2.38. The predicted octanol–water partition coefficient (Wildman–Crippen LogP) is 2.19. The molecular formula is C22H28N6O4. The zero-order chi connectivity index (χ0) is 22.2. The average molecular weight is 441 g/mol. The largest absolute Gasteiger partial charge is 0.440 e. The third kappa shape index (κ3) is 3.73. The smallest absolute Gasteiger partial charge is 0.276 e. The summed E-state index contributed by atoms with van der Waals surface area (Å²) in [6, 6.07) is 0. The van der Waals surface area contributed by atoms with Crippen LogP contribution in [0.15, 0.2) is 15.1 Å². The van der Waals surface area contributed by atoms with Gasteiger partial charge in [-0.25, -0.2) is 4.98 Å². The van der Waals surface area contributed by atoms with Crippen LogP contribution < -0.4 is 0 Å². The van der Waals surface area contributed by atoms with Crippen LogP contribution in [0.2, 0.25) is 0 Å². The van der Waals surface area contributed by atoms with Gasteiger partial charge in [0, 0.05) is 56.0 Å². The molecular weight excluding hydrogens is 412 g/mol. The Bertz CT molecular complexity index is 1120. The molecule has 0 radical (unpaired) electrons. The molecule has 3 aromatic heterocycles. The Morgan fingerprint density at radius 3 is 2.72 bits per heavy atom. The minimum atomic E-state index is -0.116. The maximum absolute atomic E-state index is 13.5. The molecule has 10 nitrogen and oxygen atoms in total. The molecule has 1 saturated heterocycles. The van der Waals surface area contributed by atoms with Crippen LogP contribution in [0.1, 0.15) is 45.8 Å². The first-order valence-corrected chi connectivity index (χ1v) is 11.1. The second kappa shape index (κ2) is 8.51. The van der Waals surface area contributed by atoms with Crippen molar-refractivity contribution >= 4 is 5.91 Å². The number of ether oxygens (including phenoxy) is 1. The zero-order valence-corrected chi connectivity index (χ0v) is 18.8. The fourth-order valence-electron chi connectivity index (χ4n) is 4.44. The van der Waals surface area contributed by atoms with E-state index >= 15 is 0 Å². The standard InChI is InChI=1S/C22H28N6O4/c1-4-28-18-5-6-27(13-17(18)19(24-28)21-23-11-14(2)31-21)22(29)20-16(15(3)32-25-20)12-26-7-9-30-10-8-26/h11H,4-10,12-13H2,1-3H3. The van der Waals surface area contributed by atoms with Crippen LogP contribution in [-0.2, 0) is 30.8 Å². The average Bonchev–Trinajstić information content (AvgIpc) is 3.51. The maximum Gasteiger partial charge on any atom is 0.276 e. The van der Waals surface area contributed by atoms with Crippen molar-refractivity contribution in [3.63, 3.8) is 0 Å². The molecule has 1 fully saturated rings. The molecule has 0 saturated carbocycles. The number of oxazole rings is 1. The lowest BCUT2D eigenvalue weighted by molar-refractivity contribution is 0.0338. The summed E-state index contributed by atoms with van der Waals surface area (Å²) in [6.07, 6.45) is 2.41. The number of nitrogens with zero attached hydrogens (tertiary/aromatic N) is 6. The molecule has 2 aliphatic heterocycles. The Balaban J connectivity index is 1.42. The van der Waals surface area contributed by atoms with E-state index in [2.05, 4.69) is 22.0 Å². The Morgan fingerprint density at radius 1 is 1.19 bits per heavy atom. The molecule has 170 valence electrons. The summed E-state index contributed by atoms with van der Waals surface area (Å²) in [6.45, 7) is 11.3. The number of aryl methyl sites for hydroxylation is 3. The van der Waals surface area contributed by atoms with Gasteiger partial charge in [-0.1, -0.05) is 5.16 Å². The van der Waals surface area contributed by atoms with Crippen LogP contribution in [0.5, 0.6) is 0 Å². The molecule has 0 aliphatic carbocycles. The summed E-state index contributed by atoms with van der Waals surface area (Å²) in [5.74, 6) is 1.79. The highest BCUT2D eigenvalue weighted by molar-refractivity contribution is 5.94. The van der Waals surface area contributed by atoms with E-state index in [0.29, 0.717) is 55.9 Å². The Labute approximate surface area is 186 Å². The number of aromatic nitrogens is 4. The number of amides is 1. The van der Waals surface area contributed by atoms with Crippen LogP contribution in [0.25, 0.3) is 11.6 Å². The molecule has 32 heavy (non-hydrogen) atoms. The molecule has 1 amide bonds. The third-order valence-corrected chi connectivity index (χ3v) is 6.22. The van der Waals surface area contributed by atoms with Gasteiger partial charge in [0.25, 0.3) is 5.91 Å². The van der Waals surface area contributed by atoms with Crippen LogP contribution in [-0.4, -0.2) is 68.5 Å². The van der Waals surface area contributed by atoms with Gasteiger partial charge in [0.1, 0.15) is 11.5 Å². The summed E-state index contributed by atoms with van der Waals surface area (Å²) >= 11 is 0. The second-order valence-electron chi connectivity index (χ2n) is 8.30. The summed E-state index contributed by atoms with van der Waals surface area (Å²) in [4.78, 5) is 22.0. The highest BCUT2D eigenvalue weighted by Crippen LogP contribution is 2.31. The molecule has 0 unspecified atom stereocenters. The summed E-state index contributed by atoms with van der Waals surface area (Å²) < 4.78 is 18.6. The van der Waals surface area contributed by atoms with Crippen LogP contribution in [0.4, 0.5) is 0 Å². The van der Waals surface area contributed by atoms with Crippen molar-refractivity contribution in [3.05, 3.63) is 40.2 Å². The highest BCUT2D eigenvalue weighted by Gasteiger charge is 2.32. The molecule has 0 N–H and O–H groups in total. The van der Waals surface area contributed by atoms with Gasteiger partial charge in [0.15, 0.2) is 11.4 Å². The van der Waals surface area contributed by atoms with Gasteiger partial charge < -0.3 is 18.6 Å². The molecule has 2 aliphatic rings. The quantitative estimate of drug-likeness (QED) is 0.595. The number of morpholine rings is 1. The molecule has 0 spiro atoms. The second-order valence-corrected chi connectivity index (χ2v) is 8.30. The summed E-state index contributed by atoms with van der Waals surface area (Å²) in [5, 5.41) is 8.87. The normalized spacial score (nSPS) is 17.0. The topological polar surface area (TPSA) is 103 Å². The van der Waals surface area contributed by atoms with E-state index in [-0.39, 0.29) is 5.91 Å². The Morgan fingerprint density at radius 2 is 2.00 bits per heavy atom. The van der Waals surface area contributed by atoms with Crippen molar-refractivity contribution in [3.8, 4) is 11.6 Å². The number of carbonyl (C=O) groups is 1. The fraction of sp³-hybridized carbons (Fsp3) is 0.545. The van der Waals surface area contributed by atoms with Crippen LogP contribution in [0, 0.1) is 13.8 Å². The van der Waals surface area contributed by atoms with E-state index in [4.69, 9.17) is 18.8 Å². The van der Waals surface area contributed by atoms with Gasteiger partial charge in [0.05, 0.1) is 26.0 Å². The van der Waals surface area contributed by atoms with E-state index < -0.39 is 0 Å². The van der Waals surface area contributed by atoms with Gasteiger partial charge in [-0.3, -0.25) is 14.4 Å². The number of carbonyl (C=O) groups excluding carboxylic acids is 1. The third-order valence-electron chi connectivity index (χ3n) is 6.22. The van der Waals surface area contributed by atoms with Crippen LogP contribution >= 0.6 is 0 Å². The SMILES string of the molecule is CCn1nc(-c2ncc(C)o2)c2c1CCN(C(=O)c1noc(C)c1CN1CCOCC1)C2. The molecule has 3 aromatic rings. The molecule has 0 atom stereocenters. The fourth-order valence-corrected chi connectivity index (χ4v) is 4.44. The maximum atomic E-state index is 13.5. The van der Waals surface area contributed by atoms with Gasteiger partial charge in [-0.05, 0) is 20.8 Å². The number of hydrogen-bond acceptors (Lipinski definition) is 8. The highest BCUT2D eigenvalue weighted by atomic mass is 16.5. The van der Waals surface area contributed by atoms with E-state index in [0.717, 1.165) is 48.6 Å². The number of rotatable bonds is 5. The van der Waals surface area contributed by atoms with Crippen molar-refractivity contribution in [2.24, 2.45) is 0 Å². The monoisotopic (exact) mass is 440 g/mol. The zero-order valence-electron chi connectivity index (χ0n) is 18.8. The van der Waals surface area contributed by atoms with Gasteiger partial charge in [-0.2, -0.15) is 5.10 Å². The molecule has 0 aromatic carbocycles. The summed E-state index contributed by atoms with van der Waals surface area (Å²) in [5.41, 5.74) is 4.08. The minimum Gasteiger partial charge on any atom is -0.440 e. The van der Waals surface area contributed by atoms with E-state index in [1.807, 2.05) is 23.4 Å². The predicted molar refractivity (Wildman–Crippen MR) is 114 cm³/mol. The van der Waals surface area contributed by atoms with Crippen molar-refractivity contribution in [1.29, 1.82) is 0 Å². The number of fused-ring (bicyclic) bond motifs is 1. The van der Waals surface area contributed by atoms with Gasteiger partial charge in [0.2, 0.25) is 5.89 Å². The first-order valence-electron chi connectivity index (χ1n) is 11.1. The van der Waals surface area contributed by atoms with Crippen molar-refractivity contribution in [1.82, 2.24) is 29.7 Å². The lowest BCUT2D eigenvalue weighted by atomic mass is 10.0. The first-order chi connectivity index (χ1) is 15.5. The minimum absolute atomic E-state index is 0.116. The van der Waals surface area contributed by atoms with E-state index in [1.165, 1.54) is 0 Å². The van der Waals surface area contributed by atoms with E-state index in [9.17, 15) is 4.79 Å². The van der Waals surface area contributed by atoms with Crippen molar-refractivity contribution in [2.75, 3.05) is 32.8 Å². The number of hydrogen-bond donors (Lipinski definition) is 0. The molecule has 5 heterocycles. The summed E-state index contributed by atoms with van der Waals surface area (Å²) in [7, 11) is 0. The van der Waals surface area contributed by atoms with E-state index in [1.54, 1.807) is 6.20 Å². The molecule has 10 heteroatoms. The molecule has 0 bridgehead atoms. The van der Waals surface area contributed by atoms with Crippen LogP contribution in [0.3, 0.4) is 0 Å². The van der Waals surface area contributed by atoms with Gasteiger partial charge in [-0.15, -0.1) is 0 Å². The van der Waals surface area contributed by atoms with Gasteiger partial charge >= 0.3 is 0 Å². The van der Waals surface area contributed by atoms with Crippen molar-refractivity contribution < 1.29 is 18.5 Å².